The summed E-state index contributed by atoms with van der Waals surface area (Å²) in [5.74, 6) is -1.28. The molecule has 0 N–H and O–H groups in total. The Bertz CT molecular complexity index is 490. The second kappa shape index (κ2) is 3.86. The lowest BCUT2D eigenvalue weighted by atomic mass is 10.1. The molecule has 0 aliphatic heterocycles. The van der Waals surface area contributed by atoms with Crippen LogP contribution < -0.4 is 0 Å². The normalized spacial score (nSPS) is 11.8. The van der Waals surface area contributed by atoms with Gasteiger partial charge in [-0.25, -0.2) is 9.37 Å². The Kier molecular flexibility index (Phi) is 2.67. The van der Waals surface area contributed by atoms with Crippen LogP contribution in [-0.2, 0) is 6.18 Å². The average molecular weight is 246 g/mol. The maximum Gasteiger partial charge on any atom is 0.419 e. The van der Waals surface area contributed by atoms with Gasteiger partial charge in [-0.05, 0) is 18.2 Å². The minimum atomic E-state index is -4.69. The van der Waals surface area contributed by atoms with Crippen molar-refractivity contribution >= 4 is 11.3 Å². The lowest BCUT2D eigenvalue weighted by molar-refractivity contribution is -0.139. The monoisotopic (exact) mass is 246 g/mol. The highest BCUT2D eigenvalue weighted by molar-refractivity contribution is 7.07. The molecule has 16 heavy (non-hydrogen) atoms. The van der Waals surface area contributed by atoms with Gasteiger partial charge in [-0.15, -0.1) is 11.3 Å². The van der Waals surface area contributed by atoms with Gasteiger partial charge >= 0.3 is 6.18 Å². The van der Waals surface area contributed by atoms with Crippen molar-refractivity contribution < 1.29 is 17.6 Å². The van der Waals surface area contributed by atoms with Crippen LogP contribution in [0, 0.1) is 11.3 Å². The van der Waals surface area contributed by atoms with Gasteiger partial charge in [0.2, 0.25) is 0 Å². The number of thiazole rings is 1. The third-order valence-electron chi connectivity index (χ3n) is 1.96. The summed E-state index contributed by atoms with van der Waals surface area (Å²) in [5, 5.41) is 1.55. The number of hydrogen-bond acceptors (Lipinski definition) is 2. The number of halogens is 4. The summed E-state index contributed by atoms with van der Waals surface area (Å²) in [6.07, 6.45) is -4.69. The molecule has 1 aromatic carbocycles. The van der Waals surface area contributed by atoms with Crippen LogP contribution in [0.4, 0.5) is 17.6 Å². The van der Waals surface area contributed by atoms with Crippen LogP contribution in [0.1, 0.15) is 5.56 Å². The first kappa shape index (κ1) is 11.1. The molecule has 0 saturated heterocycles. The Morgan fingerprint density at radius 3 is 2.56 bits per heavy atom. The Morgan fingerprint density at radius 1 is 1.25 bits per heavy atom. The molecule has 6 heteroatoms. The van der Waals surface area contributed by atoms with Crippen molar-refractivity contribution in [2.24, 2.45) is 0 Å². The van der Waals surface area contributed by atoms with Crippen LogP contribution in [0.5, 0.6) is 0 Å². The highest BCUT2D eigenvalue weighted by atomic mass is 32.1. The van der Waals surface area contributed by atoms with E-state index in [9.17, 15) is 17.6 Å². The summed E-state index contributed by atoms with van der Waals surface area (Å²) in [5.41, 5.74) is 1.82. The van der Waals surface area contributed by atoms with Gasteiger partial charge in [-0.1, -0.05) is 0 Å². The summed E-state index contributed by atoms with van der Waals surface area (Å²) in [6.45, 7) is 0. The summed E-state index contributed by atoms with van der Waals surface area (Å²) < 4.78 is 50.2. The van der Waals surface area contributed by atoms with E-state index >= 15 is 0 Å². The summed E-state index contributed by atoms with van der Waals surface area (Å²) in [7, 11) is 0. The second-order valence-electron chi connectivity index (χ2n) is 3.02. The molecule has 0 atom stereocenters. The molecule has 83 valence electrons. The molecule has 0 unspecified atom stereocenters. The highest BCUT2D eigenvalue weighted by Crippen LogP contribution is 2.34. The van der Waals surface area contributed by atoms with Crippen molar-refractivity contribution in [3.63, 3.8) is 0 Å². The molecule has 0 spiro atoms. The Balaban J connectivity index is 2.52. The smallest absolute Gasteiger partial charge is 0.233 e. The lowest BCUT2D eigenvalue weighted by Crippen LogP contribution is -2.08. The summed E-state index contributed by atoms with van der Waals surface area (Å²) in [6, 6.07) is 2.79. The summed E-state index contributed by atoms with van der Waals surface area (Å²) >= 11 is 1.14. The zero-order valence-corrected chi connectivity index (χ0v) is 8.49. The predicted molar refractivity (Wildman–Crippen MR) is 51.3 cm³/mol. The minimum Gasteiger partial charge on any atom is -0.233 e. The van der Waals surface area contributed by atoms with Crippen LogP contribution >= 0.6 is 11.3 Å². The van der Waals surface area contributed by atoms with Crippen molar-refractivity contribution in [2.45, 2.75) is 6.18 Å². The maximum absolute atomic E-state index is 13.0. The molecule has 0 aliphatic rings. The molecule has 2 rings (SSSR count). The third-order valence-corrected chi connectivity index (χ3v) is 2.49. The van der Waals surface area contributed by atoms with E-state index in [1.807, 2.05) is 0 Å². The van der Waals surface area contributed by atoms with Gasteiger partial charge in [0.1, 0.15) is 5.82 Å². The molecule has 0 bridgehead atoms. The molecule has 1 aromatic heterocycles. The number of benzene rings is 1. The first-order valence-electron chi connectivity index (χ1n) is 4.17. The lowest BCUT2D eigenvalue weighted by Gasteiger charge is -2.08. The largest absolute Gasteiger partial charge is 0.419 e. The standard InChI is InChI=1S/C10H4F4NS/c11-8-2-1-6(9-4-16-5-15-9)3-7(8)10(12,13)14/h1-4H. The quantitative estimate of drug-likeness (QED) is 0.698. The van der Waals surface area contributed by atoms with Crippen molar-refractivity contribution in [3.05, 3.63) is 40.5 Å². The van der Waals surface area contributed by atoms with E-state index < -0.39 is 17.6 Å². The van der Waals surface area contributed by atoms with Crippen LogP contribution in [0.15, 0.2) is 23.6 Å². The van der Waals surface area contributed by atoms with Gasteiger partial charge in [0.05, 0.1) is 11.3 Å². The summed E-state index contributed by atoms with van der Waals surface area (Å²) in [4.78, 5) is 3.74. The molecule has 1 heterocycles. The number of aromatic nitrogens is 1. The van der Waals surface area contributed by atoms with Gasteiger partial charge in [0.25, 0.3) is 0 Å². The zero-order valence-electron chi connectivity index (χ0n) is 7.68. The van der Waals surface area contributed by atoms with Crippen LogP contribution in [0.3, 0.4) is 0 Å². The fraction of sp³-hybridized carbons (Fsp3) is 0.100. The highest BCUT2D eigenvalue weighted by Gasteiger charge is 2.34. The van der Waals surface area contributed by atoms with Gasteiger partial charge in [-0.2, -0.15) is 13.2 Å². The first-order valence-corrected chi connectivity index (χ1v) is 5.05. The van der Waals surface area contributed by atoms with Gasteiger partial charge in [0.15, 0.2) is 5.51 Å². The van der Waals surface area contributed by atoms with E-state index in [1.165, 1.54) is 6.07 Å². The van der Waals surface area contributed by atoms with Crippen molar-refractivity contribution in [1.29, 1.82) is 0 Å². The van der Waals surface area contributed by atoms with E-state index in [1.54, 1.807) is 5.38 Å². The van der Waals surface area contributed by atoms with Crippen molar-refractivity contribution in [2.75, 3.05) is 0 Å². The Hall–Kier alpha value is -1.43. The number of rotatable bonds is 1. The van der Waals surface area contributed by atoms with E-state index in [0.29, 0.717) is 5.69 Å². The fourth-order valence-electron chi connectivity index (χ4n) is 1.22. The second-order valence-corrected chi connectivity index (χ2v) is 3.67. The Labute approximate surface area is 92.4 Å². The van der Waals surface area contributed by atoms with Gasteiger partial charge in [-0.3, -0.25) is 0 Å². The molecule has 0 amide bonds. The zero-order chi connectivity index (χ0) is 11.8. The first-order chi connectivity index (χ1) is 7.48. The minimum absolute atomic E-state index is 0.228. The number of hydrogen-bond donors (Lipinski definition) is 0. The SMILES string of the molecule is Fc1ccc(-c2cs[c]n2)cc1C(F)(F)F. The molecule has 1 radical (unpaired) electrons. The number of alkyl halides is 3. The molecular formula is C10H4F4NS. The topological polar surface area (TPSA) is 12.9 Å². The van der Waals surface area contributed by atoms with Crippen LogP contribution in [0.2, 0.25) is 0 Å². The van der Waals surface area contributed by atoms with E-state index in [0.717, 1.165) is 23.5 Å². The predicted octanol–water partition coefficient (Wildman–Crippen LogP) is 3.77. The molecule has 0 aliphatic carbocycles. The molecule has 0 saturated carbocycles. The molecule has 0 fully saturated rings. The molecule has 2 aromatic rings. The van der Waals surface area contributed by atoms with Crippen LogP contribution in [0.25, 0.3) is 11.3 Å². The number of nitrogens with zero attached hydrogens (tertiary/aromatic N) is 1. The third kappa shape index (κ3) is 2.06. The van der Waals surface area contributed by atoms with Crippen molar-refractivity contribution in [3.8, 4) is 11.3 Å². The van der Waals surface area contributed by atoms with Gasteiger partial charge in [0, 0.05) is 10.9 Å². The maximum atomic E-state index is 13.0. The Morgan fingerprint density at radius 2 is 2.00 bits per heavy atom. The molecule has 1 nitrogen and oxygen atoms in total. The van der Waals surface area contributed by atoms with Gasteiger partial charge < -0.3 is 0 Å². The molecular weight excluding hydrogens is 242 g/mol. The average Bonchev–Trinajstić information content (AvgIpc) is 2.69. The van der Waals surface area contributed by atoms with E-state index in [-0.39, 0.29) is 5.56 Å². The fourth-order valence-corrected chi connectivity index (χ4v) is 1.72. The van der Waals surface area contributed by atoms with Crippen LogP contribution in [-0.4, -0.2) is 4.98 Å². The van der Waals surface area contributed by atoms with E-state index in [4.69, 9.17) is 0 Å². The van der Waals surface area contributed by atoms with E-state index in [2.05, 4.69) is 10.5 Å². The van der Waals surface area contributed by atoms with Crippen molar-refractivity contribution in [1.82, 2.24) is 4.98 Å².